The van der Waals surface area contributed by atoms with Crippen LogP contribution in [0.25, 0.3) is 0 Å². The van der Waals surface area contributed by atoms with Crippen molar-refractivity contribution in [2.45, 2.75) is 37.8 Å². The van der Waals surface area contributed by atoms with Gasteiger partial charge in [0.25, 0.3) is 0 Å². The summed E-state index contributed by atoms with van der Waals surface area (Å²) in [4.78, 5) is 12.4. The summed E-state index contributed by atoms with van der Waals surface area (Å²) >= 11 is 6.26. The summed E-state index contributed by atoms with van der Waals surface area (Å²) in [6.45, 7) is 4.33. The third kappa shape index (κ3) is 5.61. The van der Waals surface area contributed by atoms with Crippen molar-refractivity contribution in [3.05, 3.63) is 46.5 Å². The van der Waals surface area contributed by atoms with Crippen LogP contribution >= 0.6 is 11.6 Å². The number of methoxy groups -OCH3 is 1. The van der Waals surface area contributed by atoms with E-state index in [1.54, 1.807) is 26.0 Å². The van der Waals surface area contributed by atoms with Crippen molar-refractivity contribution in [2.75, 3.05) is 20.3 Å². The van der Waals surface area contributed by atoms with E-state index in [0.29, 0.717) is 35.3 Å². The van der Waals surface area contributed by atoms with Crippen molar-refractivity contribution < 1.29 is 32.2 Å². The lowest BCUT2D eigenvalue weighted by molar-refractivity contribution is 0.0472. The number of ether oxygens (including phenoxy) is 4. The van der Waals surface area contributed by atoms with Crippen LogP contribution in [0.4, 0.5) is 0 Å². The maximum Gasteiger partial charge on any atom is 0.338 e. The highest BCUT2D eigenvalue weighted by atomic mass is 35.5. The van der Waals surface area contributed by atoms with Crippen molar-refractivity contribution in [2.24, 2.45) is 0 Å². The molecule has 8 nitrogen and oxygen atoms in total. The SMILES string of the molecule is COc1ccc(C(=O)OCc2cc(Cl)c3c(c2)OCCCO3)cc1S(=O)(=O)NC(C)C. The highest BCUT2D eigenvalue weighted by Gasteiger charge is 2.23. The third-order valence-corrected chi connectivity index (χ3v) is 6.27. The number of carbonyl (C=O) groups is 1. The number of fused-ring (bicyclic) bond motifs is 1. The van der Waals surface area contributed by atoms with Gasteiger partial charge in [-0.15, -0.1) is 0 Å². The van der Waals surface area contributed by atoms with Crippen molar-refractivity contribution in [3.8, 4) is 17.2 Å². The number of hydrogen-bond donors (Lipinski definition) is 1. The lowest BCUT2D eigenvalue weighted by Crippen LogP contribution is -2.30. The van der Waals surface area contributed by atoms with Gasteiger partial charge in [-0.25, -0.2) is 17.9 Å². The first kappa shape index (κ1) is 23.2. The van der Waals surface area contributed by atoms with Crippen molar-refractivity contribution in [3.63, 3.8) is 0 Å². The molecule has 0 atom stereocenters. The standard InChI is InChI=1S/C21H24ClNO7S/c1-13(2)23-31(25,26)19-11-15(5-6-17(19)27-3)21(24)30-12-14-9-16(22)20-18(10-14)28-7-4-8-29-20/h5-6,9-11,13,23H,4,7-8,12H2,1-3H3. The fourth-order valence-corrected chi connectivity index (χ4v) is 4.72. The molecule has 0 amide bonds. The number of nitrogens with one attached hydrogen (secondary N) is 1. The van der Waals surface area contributed by atoms with Crippen LogP contribution in [0.15, 0.2) is 35.2 Å². The Balaban J connectivity index is 1.79. The first-order valence-corrected chi connectivity index (χ1v) is 11.5. The maximum absolute atomic E-state index is 12.6. The highest BCUT2D eigenvalue weighted by molar-refractivity contribution is 7.89. The molecular weight excluding hydrogens is 446 g/mol. The molecule has 1 aliphatic heterocycles. The molecule has 1 N–H and O–H groups in total. The van der Waals surface area contributed by atoms with E-state index < -0.39 is 16.0 Å². The molecule has 3 rings (SSSR count). The Bertz CT molecular complexity index is 1070. The predicted molar refractivity (Wildman–Crippen MR) is 115 cm³/mol. The fraction of sp³-hybridized carbons (Fsp3) is 0.381. The van der Waals surface area contributed by atoms with Gasteiger partial charge in [-0.05, 0) is 49.7 Å². The van der Waals surface area contributed by atoms with Gasteiger partial charge in [0.1, 0.15) is 17.3 Å². The Morgan fingerprint density at radius 2 is 1.94 bits per heavy atom. The van der Waals surface area contributed by atoms with Gasteiger partial charge >= 0.3 is 5.97 Å². The topological polar surface area (TPSA) is 100 Å². The normalized spacial score (nSPS) is 13.6. The maximum atomic E-state index is 12.6. The Kier molecular flexibility index (Phi) is 7.30. The van der Waals surface area contributed by atoms with Gasteiger partial charge in [-0.2, -0.15) is 0 Å². The van der Waals surface area contributed by atoms with Crippen LogP contribution in [0.3, 0.4) is 0 Å². The summed E-state index contributed by atoms with van der Waals surface area (Å²) in [6.07, 6.45) is 0.740. The van der Waals surface area contributed by atoms with E-state index in [2.05, 4.69) is 4.72 Å². The van der Waals surface area contributed by atoms with Gasteiger partial charge < -0.3 is 18.9 Å². The molecule has 0 spiro atoms. The van der Waals surface area contributed by atoms with E-state index in [0.717, 1.165) is 6.42 Å². The van der Waals surface area contributed by atoms with Crippen molar-refractivity contribution >= 4 is 27.6 Å². The van der Waals surface area contributed by atoms with Crippen molar-refractivity contribution in [1.82, 2.24) is 4.72 Å². The van der Waals surface area contributed by atoms with E-state index in [9.17, 15) is 13.2 Å². The van der Waals surface area contributed by atoms with Crippen LogP contribution in [-0.2, 0) is 21.4 Å². The zero-order chi connectivity index (χ0) is 22.6. The first-order chi connectivity index (χ1) is 14.7. The zero-order valence-corrected chi connectivity index (χ0v) is 19.0. The summed E-state index contributed by atoms with van der Waals surface area (Å²) in [6, 6.07) is 7.10. The van der Waals surface area contributed by atoms with Crippen molar-refractivity contribution in [1.29, 1.82) is 0 Å². The number of rotatable bonds is 7. The van der Waals surface area contributed by atoms with E-state index in [-0.39, 0.29) is 28.9 Å². The molecule has 0 aromatic heterocycles. The monoisotopic (exact) mass is 469 g/mol. The number of halogens is 1. The number of carbonyl (C=O) groups excluding carboxylic acids is 1. The third-order valence-electron chi connectivity index (χ3n) is 4.31. The van der Waals surface area contributed by atoms with Gasteiger partial charge in [-0.3, -0.25) is 0 Å². The molecule has 1 heterocycles. The first-order valence-electron chi connectivity index (χ1n) is 9.67. The second-order valence-electron chi connectivity index (χ2n) is 7.17. The van der Waals surface area contributed by atoms with Crippen LogP contribution in [0, 0.1) is 0 Å². The van der Waals surface area contributed by atoms with Gasteiger partial charge in [0.2, 0.25) is 10.0 Å². The molecule has 31 heavy (non-hydrogen) atoms. The van der Waals surface area contributed by atoms with E-state index in [4.69, 9.17) is 30.5 Å². The lowest BCUT2D eigenvalue weighted by atomic mass is 10.2. The smallest absolute Gasteiger partial charge is 0.338 e. The van der Waals surface area contributed by atoms with Crippen LogP contribution in [0.5, 0.6) is 17.2 Å². The Morgan fingerprint density at radius 1 is 1.19 bits per heavy atom. The van der Waals surface area contributed by atoms with E-state index in [1.165, 1.54) is 25.3 Å². The molecular formula is C21H24ClNO7S. The molecule has 0 bridgehead atoms. The number of hydrogen-bond acceptors (Lipinski definition) is 7. The minimum Gasteiger partial charge on any atom is -0.495 e. The lowest BCUT2D eigenvalue weighted by Gasteiger charge is -2.14. The van der Waals surface area contributed by atoms with Gasteiger partial charge in [0.15, 0.2) is 11.5 Å². The molecule has 0 saturated carbocycles. The second-order valence-corrected chi connectivity index (χ2v) is 9.26. The molecule has 168 valence electrons. The average molecular weight is 470 g/mol. The highest BCUT2D eigenvalue weighted by Crippen LogP contribution is 2.38. The second kappa shape index (κ2) is 9.76. The summed E-state index contributed by atoms with van der Waals surface area (Å²) in [5.74, 6) is 0.400. The van der Waals surface area contributed by atoms with Crippen LogP contribution in [-0.4, -0.2) is 40.8 Å². The van der Waals surface area contributed by atoms with E-state index >= 15 is 0 Å². The summed E-state index contributed by atoms with van der Waals surface area (Å²) < 4.78 is 49.4. The largest absolute Gasteiger partial charge is 0.495 e. The van der Waals surface area contributed by atoms with Gasteiger partial charge in [0, 0.05) is 12.5 Å². The van der Waals surface area contributed by atoms with Crippen LogP contribution in [0.1, 0.15) is 36.2 Å². The molecule has 1 aliphatic rings. The van der Waals surface area contributed by atoms with E-state index in [1.807, 2.05) is 0 Å². The summed E-state index contributed by atoms with van der Waals surface area (Å²) in [5.41, 5.74) is 0.691. The number of sulfonamides is 1. The fourth-order valence-electron chi connectivity index (χ4n) is 2.99. The quantitative estimate of drug-likeness (QED) is 0.619. The van der Waals surface area contributed by atoms with Crippen LogP contribution in [0.2, 0.25) is 5.02 Å². The average Bonchev–Trinajstić information content (AvgIpc) is 2.96. The van der Waals surface area contributed by atoms with Crippen LogP contribution < -0.4 is 18.9 Å². The predicted octanol–water partition coefficient (Wildman–Crippen LogP) is 3.55. The molecule has 0 saturated heterocycles. The molecule has 0 aliphatic carbocycles. The molecule has 0 radical (unpaired) electrons. The summed E-state index contributed by atoms with van der Waals surface area (Å²) in [7, 11) is -2.52. The molecule has 0 unspecified atom stereocenters. The number of benzene rings is 2. The minimum atomic E-state index is -3.88. The Hall–Kier alpha value is -2.49. The Morgan fingerprint density at radius 3 is 2.65 bits per heavy atom. The zero-order valence-electron chi connectivity index (χ0n) is 17.4. The summed E-state index contributed by atoms with van der Waals surface area (Å²) in [5, 5.41) is 0.364. The van der Waals surface area contributed by atoms with Gasteiger partial charge in [0.05, 0.1) is 30.9 Å². The minimum absolute atomic E-state index is 0.0744. The molecule has 2 aromatic carbocycles. The molecule has 0 fully saturated rings. The van der Waals surface area contributed by atoms with Gasteiger partial charge in [-0.1, -0.05) is 11.6 Å². The number of esters is 1. The Labute approximate surface area is 186 Å². The molecule has 2 aromatic rings. The molecule has 10 heteroatoms.